The van der Waals surface area contributed by atoms with Crippen molar-refractivity contribution < 1.29 is 4.74 Å². The fourth-order valence-corrected chi connectivity index (χ4v) is 2.93. The Hall–Kier alpha value is 0.0600. The molecule has 1 heterocycles. The first-order valence-corrected chi connectivity index (χ1v) is 6.65. The minimum atomic E-state index is 0.713. The van der Waals surface area contributed by atoms with E-state index in [9.17, 15) is 0 Å². The van der Waals surface area contributed by atoms with Gasteiger partial charge < -0.3 is 4.74 Å². The fraction of sp³-hybridized carbons (Fsp3) is 0.200. The number of rotatable bonds is 2. The third-order valence-electron chi connectivity index (χ3n) is 1.91. The van der Waals surface area contributed by atoms with E-state index in [-0.39, 0.29) is 0 Å². The number of ether oxygens (including phenoxy) is 1. The van der Waals surface area contributed by atoms with Crippen LogP contribution in [0.5, 0.6) is 5.75 Å². The molecule has 2 aromatic rings. The van der Waals surface area contributed by atoms with Crippen LogP contribution in [0, 0.1) is 3.57 Å². The van der Waals surface area contributed by atoms with Crippen LogP contribution < -0.4 is 4.74 Å². The second kappa shape index (κ2) is 4.28. The first kappa shape index (κ1) is 10.6. The maximum Gasteiger partial charge on any atom is 0.137 e. The van der Waals surface area contributed by atoms with Crippen molar-refractivity contribution in [1.82, 2.24) is 0 Å². The molecule has 0 aliphatic rings. The summed E-state index contributed by atoms with van der Waals surface area (Å²) in [7, 11) is 0. The predicted octanol–water partition coefficient (Wildman–Crippen LogP) is 4.19. The van der Waals surface area contributed by atoms with Crippen LogP contribution in [0.25, 0.3) is 10.1 Å². The lowest BCUT2D eigenvalue weighted by Crippen LogP contribution is -1.89. The van der Waals surface area contributed by atoms with Crippen LogP contribution in [-0.2, 0) is 0 Å². The van der Waals surface area contributed by atoms with Gasteiger partial charge in [0.05, 0.1) is 6.61 Å². The van der Waals surface area contributed by atoms with Crippen LogP contribution in [-0.4, -0.2) is 6.61 Å². The third kappa shape index (κ3) is 1.87. The molecule has 4 heteroatoms. The van der Waals surface area contributed by atoms with E-state index in [0.29, 0.717) is 6.61 Å². The topological polar surface area (TPSA) is 9.23 Å². The van der Waals surface area contributed by atoms with Crippen LogP contribution in [0.4, 0.5) is 0 Å². The van der Waals surface area contributed by atoms with Gasteiger partial charge in [-0.2, -0.15) is 0 Å². The fourth-order valence-electron chi connectivity index (χ4n) is 1.28. The third-order valence-corrected chi connectivity index (χ3v) is 4.52. The summed E-state index contributed by atoms with van der Waals surface area (Å²) in [6, 6.07) is 4.22. The molecule has 1 aromatic carbocycles. The number of thiol groups is 1. The van der Waals surface area contributed by atoms with Crippen LogP contribution in [0.15, 0.2) is 22.4 Å². The van der Waals surface area contributed by atoms with Gasteiger partial charge in [0.25, 0.3) is 0 Å². The summed E-state index contributed by atoms with van der Waals surface area (Å²) in [6.07, 6.45) is 0. The summed E-state index contributed by atoms with van der Waals surface area (Å²) < 4.78 is 7.94. The van der Waals surface area contributed by atoms with Crippen molar-refractivity contribution in [3.63, 3.8) is 0 Å². The second-order valence-electron chi connectivity index (χ2n) is 2.83. The largest absolute Gasteiger partial charge is 0.492 e. The molecule has 0 unspecified atom stereocenters. The molecule has 0 atom stereocenters. The highest BCUT2D eigenvalue weighted by atomic mass is 127. The Labute approximate surface area is 106 Å². The molecule has 0 spiro atoms. The number of hydrogen-bond acceptors (Lipinski definition) is 3. The van der Waals surface area contributed by atoms with Crippen molar-refractivity contribution in [3.8, 4) is 5.75 Å². The quantitative estimate of drug-likeness (QED) is 0.639. The summed E-state index contributed by atoms with van der Waals surface area (Å²) >= 11 is 8.38. The van der Waals surface area contributed by atoms with Gasteiger partial charge in [-0.25, -0.2) is 0 Å². The zero-order valence-electron chi connectivity index (χ0n) is 7.58. The molecule has 14 heavy (non-hydrogen) atoms. The van der Waals surface area contributed by atoms with Crippen molar-refractivity contribution in [3.05, 3.63) is 21.1 Å². The zero-order chi connectivity index (χ0) is 10.1. The Morgan fingerprint density at radius 1 is 1.50 bits per heavy atom. The van der Waals surface area contributed by atoms with Gasteiger partial charge in [-0.3, -0.25) is 0 Å². The molecule has 0 saturated heterocycles. The standard InChI is InChI=1S/C10H9IOS2/c1-2-12-8-5-14-10-4-9(13)7(11)3-6(8)10/h3-5,13H,2H2,1H3. The van der Waals surface area contributed by atoms with Gasteiger partial charge in [-0.1, -0.05) is 0 Å². The number of hydrogen-bond donors (Lipinski definition) is 1. The highest BCUT2D eigenvalue weighted by molar-refractivity contribution is 14.1. The minimum Gasteiger partial charge on any atom is -0.492 e. The first-order valence-electron chi connectivity index (χ1n) is 4.25. The Bertz CT molecular complexity index is 464. The van der Waals surface area contributed by atoms with E-state index in [2.05, 4.69) is 52.7 Å². The molecule has 0 bridgehead atoms. The molecule has 74 valence electrons. The molecule has 0 radical (unpaired) electrons. The Balaban J connectivity index is 2.61. The summed E-state index contributed by atoms with van der Waals surface area (Å²) in [4.78, 5) is 1.03. The van der Waals surface area contributed by atoms with Gasteiger partial charge in [0.2, 0.25) is 0 Å². The van der Waals surface area contributed by atoms with Gasteiger partial charge in [0.15, 0.2) is 0 Å². The SMILES string of the molecule is CCOc1csc2cc(S)c(I)cc12. The average Bonchev–Trinajstić information content (AvgIpc) is 2.51. The van der Waals surface area contributed by atoms with E-state index in [1.807, 2.05) is 6.92 Å². The van der Waals surface area contributed by atoms with Crippen molar-refractivity contribution in [2.24, 2.45) is 0 Å². The maximum atomic E-state index is 5.54. The van der Waals surface area contributed by atoms with Crippen molar-refractivity contribution >= 4 is 56.6 Å². The van der Waals surface area contributed by atoms with Crippen LogP contribution in [0.1, 0.15) is 6.92 Å². The molecule has 0 N–H and O–H groups in total. The van der Waals surface area contributed by atoms with Crippen molar-refractivity contribution in [2.75, 3.05) is 6.61 Å². The molecular weight excluding hydrogens is 327 g/mol. The lowest BCUT2D eigenvalue weighted by atomic mass is 10.2. The molecular formula is C10H9IOS2. The van der Waals surface area contributed by atoms with E-state index in [4.69, 9.17) is 4.74 Å². The Morgan fingerprint density at radius 3 is 3.00 bits per heavy atom. The number of thiophene rings is 1. The monoisotopic (exact) mass is 336 g/mol. The first-order chi connectivity index (χ1) is 6.72. The molecule has 0 aliphatic carbocycles. The van der Waals surface area contributed by atoms with Crippen LogP contribution >= 0.6 is 46.6 Å². The molecule has 1 nitrogen and oxygen atoms in total. The van der Waals surface area contributed by atoms with Crippen molar-refractivity contribution in [2.45, 2.75) is 11.8 Å². The molecule has 0 amide bonds. The normalized spacial score (nSPS) is 10.8. The van der Waals surface area contributed by atoms with E-state index in [1.54, 1.807) is 11.3 Å². The number of benzene rings is 1. The van der Waals surface area contributed by atoms with Crippen LogP contribution in [0.2, 0.25) is 0 Å². The summed E-state index contributed by atoms with van der Waals surface area (Å²) in [5, 5.41) is 3.25. The number of fused-ring (bicyclic) bond motifs is 1. The zero-order valence-corrected chi connectivity index (χ0v) is 11.4. The lowest BCUT2D eigenvalue weighted by Gasteiger charge is -2.01. The lowest BCUT2D eigenvalue weighted by molar-refractivity contribution is 0.345. The number of halogens is 1. The van der Waals surface area contributed by atoms with E-state index in [1.165, 1.54) is 10.1 Å². The molecule has 2 rings (SSSR count). The second-order valence-corrected chi connectivity index (χ2v) is 5.39. The van der Waals surface area contributed by atoms with E-state index >= 15 is 0 Å². The molecule has 1 aromatic heterocycles. The minimum absolute atomic E-state index is 0.713. The van der Waals surface area contributed by atoms with Crippen molar-refractivity contribution in [1.29, 1.82) is 0 Å². The van der Waals surface area contributed by atoms with Gasteiger partial charge >= 0.3 is 0 Å². The van der Waals surface area contributed by atoms with E-state index in [0.717, 1.165) is 14.2 Å². The summed E-state index contributed by atoms with van der Waals surface area (Å²) in [6.45, 7) is 2.71. The molecule has 0 fully saturated rings. The predicted molar refractivity (Wildman–Crippen MR) is 73.0 cm³/mol. The van der Waals surface area contributed by atoms with E-state index < -0.39 is 0 Å². The summed E-state index contributed by atoms with van der Waals surface area (Å²) in [5.41, 5.74) is 0. The summed E-state index contributed by atoms with van der Waals surface area (Å²) in [5.74, 6) is 0.985. The van der Waals surface area contributed by atoms with Gasteiger partial charge in [0.1, 0.15) is 5.75 Å². The Morgan fingerprint density at radius 2 is 2.29 bits per heavy atom. The molecule has 0 saturated carbocycles. The van der Waals surface area contributed by atoms with Crippen LogP contribution in [0.3, 0.4) is 0 Å². The van der Waals surface area contributed by atoms with Gasteiger partial charge in [-0.05, 0) is 41.6 Å². The van der Waals surface area contributed by atoms with Gasteiger partial charge in [0, 0.05) is 23.9 Å². The van der Waals surface area contributed by atoms with Gasteiger partial charge in [-0.15, -0.1) is 24.0 Å². The average molecular weight is 336 g/mol. The molecule has 0 aliphatic heterocycles. The highest BCUT2D eigenvalue weighted by Gasteiger charge is 2.07. The maximum absolute atomic E-state index is 5.54. The smallest absolute Gasteiger partial charge is 0.137 e. The Kier molecular flexibility index (Phi) is 3.23. The highest BCUT2D eigenvalue weighted by Crippen LogP contribution is 2.35.